The van der Waals surface area contributed by atoms with Crippen LogP contribution in [0.1, 0.15) is 26.3 Å². The number of carbonyl (C=O) groups excluding carboxylic acids is 1. The number of thioether (sulfide) groups is 1. The molecule has 0 bridgehead atoms. The van der Waals surface area contributed by atoms with Gasteiger partial charge in [-0.05, 0) is 62.7 Å². The Balaban J connectivity index is 1.49. The number of aromatic nitrogens is 2. The zero-order valence-corrected chi connectivity index (χ0v) is 26.4. The van der Waals surface area contributed by atoms with Crippen LogP contribution in [0.3, 0.4) is 0 Å². The van der Waals surface area contributed by atoms with E-state index in [-0.39, 0.29) is 35.5 Å². The quantitative estimate of drug-likeness (QED) is 0.404. The summed E-state index contributed by atoms with van der Waals surface area (Å²) in [5, 5.41) is 0.949. The van der Waals surface area contributed by atoms with Crippen LogP contribution >= 0.6 is 11.8 Å². The Hall–Kier alpha value is -3.21. The van der Waals surface area contributed by atoms with Gasteiger partial charge in [0.15, 0.2) is 0 Å². The molecule has 1 unspecified atom stereocenters. The molecule has 0 aliphatic carbocycles. The lowest BCUT2D eigenvalue weighted by Crippen LogP contribution is -2.58. The van der Waals surface area contributed by atoms with Crippen LogP contribution in [0.15, 0.2) is 52.7 Å². The molecular formula is C33H41FN6O2S. The SMILES string of the molecule is C=CC(=O)N1C[C@H](C)N(c2nc(=O)n3c4c(c(-c5ccc(F)cc5)c(C)cc24)SCC(N2CCN(CC)CC2)C3)C[C@H]1C. The summed E-state index contributed by atoms with van der Waals surface area (Å²) in [6.07, 6.45) is 1.37. The Morgan fingerprint density at radius 1 is 1.09 bits per heavy atom. The van der Waals surface area contributed by atoms with E-state index in [2.05, 4.69) is 48.1 Å². The fourth-order valence-corrected chi connectivity index (χ4v) is 8.44. The van der Waals surface area contributed by atoms with E-state index in [4.69, 9.17) is 4.98 Å². The fourth-order valence-electron chi connectivity index (χ4n) is 6.98. The number of benzene rings is 2. The average Bonchev–Trinajstić information content (AvgIpc) is 3.21. The molecule has 3 atom stereocenters. The van der Waals surface area contributed by atoms with Gasteiger partial charge >= 0.3 is 5.69 Å². The number of nitrogens with zero attached hydrogens (tertiary/aromatic N) is 6. The molecule has 4 heterocycles. The van der Waals surface area contributed by atoms with Crippen LogP contribution in [0.5, 0.6) is 0 Å². The fraction of sp³-hybridized carbons (Fsp3) is 0.485. The second kappa shape index (κ2) is 12.1. The normalized spacial score (nSPS) is 23.4. The van der Waals surface area contributed by atoms with Crippen molar-refractivity contribution in [2.75, 3.05) is 56.5 Å². The molecule has 3 aliphatic heterocycles. The van der Waals surface area contributed by atoms with E-state index in [1.807, 2.05) is 28.5 Å². The van der Waals surface area contributed by atoms with Crippen molar-refractivity contribution in [2.45, 2.75) is 57.3 Å². The third-order valence-electron chi connectivity index (χ3n) is 9.43. The second-order valence-electron chi connectivity index (χ2n) is 12.1. The summed E-state index contributed by atoms with van der Waals surface area (Å²) in [5.41, 5.74) is 3.70. The van der Waals surface area contributed by atoms with Gasteiger partial charge in [-0.3, -0.25) is 14.3 Å². The molecule has 43 heavy (non-hydrogen) atoms. The number of halogens is 1. The minimum atomic E-state index is -0.271. The maximum Gasteiger partial charge on any atom is 0.350 e. The summed E-state index contributed by atoms with van der Waals surface area (Å²) in [5.74, 6) is 1.17. The number of hydrogen-bond donors (Lipinski definition) is 0. The van der Waals surface area contributed by atoms with Crippen LogP contribution in [0.4, 0.5) is 10.2 Å². The first-order valence-electron chi connectivity index (χ1n) is 15.3. The van der Waals surface area contributed by atoms with Gasteiger partial charge in [-0.1, -0.05) is 25.6 Å². The number of amides is 1. The summed E-state index contributed by atoms with van der Waals surface area (Å²) in [6.45, 7) is 18.8. The highest BCUT2D eigenvalue weighted by atomic mass is 32.2. The van der Waals surface area contributed by atoms with E-state index in [0.29, 0.717) is 25.5 Å². The first-order valence-corrected chi connectivity index (χ1v) is 16.3. The van der Waals surface area contributed by atoms with E-state index in [1.165, 1.54) is 18.2 Å². The van der Waals surface area contributed by atoms with Gasteiger partial charge in [0, 0.05) is 85.5 Å². The smallest absolute Gasteiger partial charge is 0.349 e. The van der Waals surface area contributed by atoms with Crippen molar-refractivity contribution < 1.29 is 9.18 Å². The van der Waals surface area contributed by atoms with Crippen LogP contribution in [0.25, 0.3) is 22.0 Å². The number of aryl methyl sites for hydroxylation is 1. The number of rotatable bonds is 5. The lowest BCUT2D eigenvalue weighted by molar-refractivity contribution is -0.128. The molecule has 3 aliphatic rings. The number of anilines is 1. The van der Waals surface area contributed by atoms with Crippen molar-refractivity contribution in [3.8, 4) is 11.1 Å². The summed E-state index contributed by atoms with van der Waals surface area (Å²) in [6, 6.07) is 8.91. The Morgan fingerprint density at radius 2 is 1.81 bits per heavy atom. The van der Waals surface area contributed by atoms with Gasteiger partial charge in [0.1, 0.15) is 11.6 Å². The molecule has 0 spiro atoms. The minimum absolute atomic E-state index is 0.0352. The maximum absolute atomic E-state index is 14.0. The van der Waals surface area contributed by atoms with Crippen molar-refractivity contribution in [3.05, 3.63) is 64.9 Å². The van der Waals surface area contributed by atoms with Crippen LogP contribution in [-0.2, 0) is 11.3 Å². The topological polar surface area (TPSA) is 64.9 Å². The van der Waals surface area contributed by atoms with Gasteiger partial charge in [-0.25, -0.2) is 9.18 Å². The molecule has 2 saturated heterocycles. The minimum Gasteiger partial charge on any atom is -0.349 e. The molecule has 228 valence electrons. The molecule has 0 N–H and O–H groups in total. The van der Waals surface area contributed by atoms with Crippen molar-refractivity contribution >= 4 is 34.4 Å². The van der Waals surface area contributed by atoms with Gasteiger partial charge in [0.25, 0.3) is 0 Å². The Bertz CT molecular complexity index is 1600. The van der Waals surface area contributed by atoms with Crippen molar-refractivity contribution in [2.24, 2.45) is 0 Å². The van der Waals surface area contributed by atoms with E-state index in [9.17, 15) is 14.0 Å². The van der Waals surface area contributed by atoms with Gasteiger partial charge in [-0.2, -0.15) is 4.98 Å². The lowest BCUT2D eigenvalue weighted by atomic mass is 9.97. The molecule has 2 fully saturated rings. The first-order chi connectivity index (χ1) is 20.7. The van der Waals surface area contributed by atoms with Crippen LogP contribution < -0.4 is 10.6 Å². The Morgan fingerprint density at radius 3 is 2.49 bits per heavy atom. The second-order valence-corrected chi connectivity index (χ2v) is 13.1. The molecule has 8 nitrogen and oxygen atoms in total. The van der Waals surface area contributed by atoms with Crippen LogP contribution in [-0.4, -0.2) is 99.8 Å². The van der Waals surface area contributed by atoms with E-state index in [1.54, 1.807) is 11.8 Å². The summed E-state index contributed by atoms with van der Waals surface area (Å²) in [4.78, 5) is 41.4. The molecule has 2 aromatic carbocycles. The molecule has 1 amide bonds. The van der Waals surface area contributed by atoms with Crippen molar-refractivity contribution in [1.82, 2.24) is 24.3 Å². The van der Waals surface area contributed by atoms with Gasteiger partial charge in [0.05, 0.1) is 5.52 Å². The number of carbonyl (C=O) groups is 1. The zero-order chi connectivity index (χ0) is 30.4. The summed E-state index contributed by atoms with van der Waals surface area (Å²) >= 11 is 1.80. The van der Waals surface area contributed by atoms with Crippen molar-refractivity contribution in [1.29, 1.82) is 0 Å². The van der Waals surface area contributed by atoms with Gasteiger partial charge < -0.3 is 14.7 Å². The molecule has 3 aromatic rings. The highest BCUT2D eigenvalue weighted by Crippen LogP contribution is 2.44. The largest absolute Gasteiger partial charge is 0.350 e. The molecule has 0 radical (unpaired) electrons. The third kappa shape index (κ3) is 5.49. The Kier molecular flexibility index (Phi) is 8.37. The highest BCUT2D eigenvalue weighted by Gasteiger charge is 2.35. The molecule has 0 saturated carbocycles. The summed E-state index contributed by atoms with van der Waals surface area (Å²) < 4.78 is 15.9. The van der Waals surface area contributed by atoms with Gasteiger partial charge in [0.2, 0.25) is 5.91 Å². The standard InChI is InChI=1S/C33H41FN6O2S/c1-6-28(41)38-17-23(5)39(18-22(38)4)32-27-16-21(3)29(24-8-10-25(34)11-9-24)31-30(27)40(33(42)35-32)19-26(20-43-31)37-14-12-36(7-2)13-15-37/h6,8-11,16,22-23,26H,1,7,12-15,17-20H2,2-5H3/t22-,23+,26?/m1/s1. The van der Waals surface area contributed by atoms with E-state index < -0.39 is 0 Å². The number of hydrogen-bond acceptors (Lipinski definition) is 7. The predicted molar refractivity (Wildman–Crippen MR) is 173 cm³/mol. The molecule has 1 aromatic heterocycles. The predicted octanol–water partition coefficient (Wildman–Crippen LogP) is 4.23. The summed E-state index contributed by atoms with van der Waals surface area (Å²) in [7, 11) is 0. The molecule has 6 rings (SSSR count). The number of piperazine rings is 2. The van der Waals surface area contributed by atoms with Crippen LogP contribution in [0.2, 0.25) is 0 Å². The van der Waals surface area contributed by atoms with Gasteiger partial charge in [-0.15, -0.1) is 11.8 Å². The number of likely N-dealkylation sites (N-methyl/N-ethyl adjacent to an activating group) is 1. The zero-order valence-electron chi connectivity index (χ0n) is 25.6. The monoisotopic (exact) mass is 604 g/mol. The van der Waals surface area contributed by atoms with Crippen molar-refractivity contribution in [3.63, 3.8) is 0 Å². The highest BCUT2D eigenvalue weighted by molar-refractivity contribution is 7.99. The van der Waals surface area contributed by atoms with E-state index >= 15 is 0 Å². The van der Waals surface area contributed by atoms with Crippen LogP contribution in [0, 0.1) is 12.7 Å². The lowest BCUT2D eigenvalue weighted by Gasteiger charge is -2.44. The molecule has 10 heteroatoms. The molecular weight excluding hydrogens is 563 g/mol. The average molecular weight is 605 g/mol. The van der Waals surface area contributed by atoms with E-state index in [0.717, 1.165) is 71.0 Å². The first kappa shape index (κ1) is 29.8. The Labute approximate surface area is 257 Å². The maximum atomic E-state index is 14.0. The third-order valence-corrected chi connectivity index (χ3v) is 10.7.